The van der Waals surface area contributed by atoms with Gasteiger partial charge in [-0.15, -0.1) is 0 Å². The highest BCUT2D eigenvalue weighted by Gasteiger charge is 2.21. The summed E-state index contributed by atoms with van der Waals surface area (Å²) in [4.78, 5) is 6.87. The lowest BCUT2D eigenvalue weighted by molar-refractivity contribution is 0.170. The van der Waals surface area contributed by atoms with Gasteiger partial charge < -0.3 is 9.84 Å². The van der Waals surface area contributed by atoms with Crippen molar-refractivity contribution in [3.05, 3.63) is 11.7 Å². The molecular formula is C14H26N4O. The third kappa shape index (κ3) is 4.01. The van der Waals surface area contributed by atoms with E-state index in [1.807, 2.05) is 0 Å². The van der Waals surface area contributed by atoms with Gasteiger partial charge >= 0.3 is 0 Å². The third-order valence-electron chi connectivity index (χ3n) is 3.69. The van der Waals surface area contributed by atoms with Crippen molar-refractivity contribution in [2.75, 3.05) is 13.1 Å². The summed E-state index contributed by atoms with van der Waals surface area (Å²) in [5.41, 5.74) is 0. The van der Waals surface area contributed by atoms with Crippen molar-refractivity contribution in [2.24, 2.45) is 0 Å². The molecule has 108 valence electrons. The molecule has 19 heavy (non-hydrogen) atoms. The van der Waals surface area contributed by atoms with Gasteiger partial charge in [0.25, 0.3) is 0 Å². The first-order chi connectivity index (χ1) is 9.06. The van der Waals surface area contributed by atoms with E-state index in [-0.39, 0.29) is 0 Å². The number of rotatable bonds is 6. The fourth-order valence-corrected chi connectivity index (χ4v) is 2.39. The maximum atomic E-state index is 5.35. The van der Waals surface area contributed by atoms with Crippen LogP contribution in [-0.4, -0.2) is 40.2 Å². The van der Waals surface area contributed by atoms with E-state index < -0.39 is 0 Å². The first-order valence-electron chi connectivity index (χ1n) is 7.36. The minimum absolute atomic E-state index is 0.321. The minimum Gasteiger partial charge on any atom is -0.338 e. The Morgan fingerprint density at radius 1 is 1.37 bits per heavy atom. The molecule has 2 heterocycles. The van der Waals surface area contributed by atoms with E-state index in [1.165, 1.54) is 12.8 Å². The van der Waals surface area contributed by atoms with Gasteiger partial charge in [-0.2, -0.15) is 4.98 Å². The van der Waals surface area contributed by atoms with E-state index in [9.17, 15) is 0 Å². The highest BCUT2D eigenvalue weighted by atomic mass is 16.5. The summed E-state index contributed by atoms with van der Waals surface area (Å²) in [5, 5.41) is 7.57. The molecular weight excluding hydrogens is 240 g/mol. The van der Waals surface area contributed by atoms with E-state index in [0.29, 0.717) is 18.0 Å². The molecule has 0 radical (unpaired) electrons. The minimum atomic E-state index is 0.321. The van der Waals surface area contributed by atoms with Crippen molar-refractivity contribution in [1.29, 1.82) is 0 Å². The molecule has 1 atom stereocenters. The fraction of sp³-hybridized carbons (Fsp3) is 0.857. The average molecular weight is 266 g/mol. The molecule has 1 aromatic heterocycles. The van der Waals surface area contributed by atoms with Crippen LogP contribution in [0.25, 0.3) is 0 Å². The first kappa shape index (κ1) is 14.5. The van der Waals surface area contributed by atoms with Crippen LogP contribution in [-0.2, 0) is 6.54 Å². The van der Waals surface area contributed by atoms with Crippen molar-refractivity contribution < 1.29 is 4.52 Å². The van der Waals surface area contributed by atoms with Crippen LogP contribution in [0, 0.1) is 0 Å². The maximum absolute atomic E-state index is 5.35. The third-order valence-corrected chi connectivity index (χ3v) is 3.69. The lowest BCUT2D eigenvalue weighted by Gasteiger charge is -2.27. The summed E-state index contributed by atoms with van der Waals surface area (Å²) in [5.74, 6) is 1.86. The summed E-state index contributed by atoms with van der Waals surface area (Å²) in [7, 11) is 0. The summed E-state index contributed by atoms with van der Waals surface area (Å²) in [6.07, 6.45) is 2.55. The molecule has 1 fully saturated rings. The summed E-state index contributed by atoms with van der Waals surface area (Å²) < 4.78 is 5.35. The van der Waals surface area contributed by atoms with Gasteiger partial charge in [-0.05, 0) is 33.2 Å². The Balaban J connectivity index is 1.94. The van der Waals surface area contributed by atoms with E-state index in [0.717, 1.165) is 31.3 Å². The SMILES string of the molecule is CC(C)c1noc(CN(CC2CCCN2)C(C)C)n1. The molecule has 0 spiro atoms. The highest BCUT2D eigenvalue weighted by Crippen LogP contribution is 2.14. The van der Waals surface area contributed by atoms with Crippen molar-refractivity contribution in [1.82, 2.24) is 20.4 Å². The van der Waals surface area contributed by atoms with Gasteiger partial charge in [0.05, 0.1) is 6.54 Å². The second-order valence-corrected chi connectivity index (χ2v) is 6.02. The zero-order chi connectivity index (χ0) is 13.8. The molecule has 1 unspecified atom stereocenters. The number of hydrogen-bond acceptors (Lipinski definition) is 5. The maximum Gasteiger partial charge on any atom is 0.240 e. The van der Waals surface area contributed by atoms with Crippen molar-refractivity contribution in [3.8, 4) is 0 Å². The van der Waals surface area contributed by atoms with E-state index in [2.05, 4.69) is 48.1 Å². The zero-order valence-corrected chi connectivity index (χ0v) is 12.5. The van der Waals surface area contributed by atoms with Crippen LogP contribution in [0.1, 0.15) is 58.2 Å². The molecule has 5 nitrogen and oxygen atoms in total. The Labute approximate surface area is 115 Å². The van der Waals surface area contributed by atoms with Gasteiger partial charge in [0.1, 0.15) is 0 Å². The molecule has 1 N–H and O–H groups in total. The monoisotopic (exact) mass is 266 g/mol. The lowest BCUT2D eigenvalue weighted by Crippen LogP contribution is -2.40. The summed E-state index contributed by atoms with van der Waals surface area (Å²) in [6.45, 7) is 11.5. The van der Waals surface area contributed by atoms with Crippen LogP contribution in [0.3, 0.4) is 0 Å². The molecule has 0 saturated carbocycles. The largest absolute Gasteiger partial charge is 0.338 e. The van der Waals surface area contributed by atoms with Crippen LogP contribution in [0.4, 0.5) is 0 Å². The average Bonchev–Trinajstić information content (AvgIpc) is 2.98. The van der Waals surface area contributed by atoms with Gasteiger partial charge in [0.15, 0.2) is 5.82 Å². The molecule has 0 bridgehead atoms. The van der Waals surface area contributed by atoms with Crippen LogP contribution in [0.2, 0.25) is 0 Å². The quantitative estimate of drug-likeness (QED) is 0.855. The lowest BCUT2D eigenvalue weighted by atomic mass is 10.2. The molecule has 2 rings (SSSR count). The van der Waals surface area contributed by atoms with E-state index in [4.69, 9.17) is 4.52 Å². The smallest absolute Gasteiger partial charge is 0.240 e. The standard InChI is InChI=1S/C14H26N4O/c1-10(2)14-16-13(19-17-14)9-18(11(3)4)8-12-6-5-7-15-12/h10-12,15H,5-9H2,1-4H3. The van der Waals surface area contributed by atoms with Crippen LogP contribution in [0.5, 0.6) is 0 Å². The second kappa shape index (κ2) is 6.48. The Morgan fingerprint density at radius 3 is 2.68 bits per heavy atom. The highest BCUT2D eigenvalue weighted by molar-refractivity contribution is 4.92. The zero-order valence-electron chi connectivity index (χ0n) is 12.5. The number of aromatic nitrogens is 2. The van der Waals surface area contributed by atoms with Crippen LogP contribution >= 0.6 is 0 Å². The molecule has 1 aliphatic rings. The predicted octanol–water partition coefficient (Wildman–Crippen LogP) is 2.16. The van der Waals surface area contributed by atoms with E-state index >= 15 is 0 Å². The Bertz CT molecular complexity index is 383. The Morgan fingerprint density at radius 2 is 2.16 bits per heavy atom. The Kier molecular flexibility index (Phi) is 4.93. The number of hydrogen-bond donors (Lipinski definition) is 1. The van der Waals surface area contributed by atoms with E-state index in [1.54, 1.807) is 0 Å². The molecule has 1 saturated heterocycles. The van der Waals surface area contributed by atoms with Crippen LogP contribution in [0.15, 0.2) is 4.52 Å². The van der Waals surface area contributed by atoms with Gasteiger partial charge in [-0.1, -0.05) is 19.0 Å². The molecule has 0 aliphatic carbocycles. The van der Waals surface area contributed by atoms with Crippen molar-refractivity contribution in [2.45, 2.75) is 65.1 Å². The number of nitrogens with zero attached hydrogens (tertiary/aromatic N) is 3. The second-order valence-electron chi connectivity index (χ2n) is 6.02. The van der Waals surface area contributed by atoms with Gasteiger partial charge in [0, 0.05) is 24.5 Å². The van der Waals surface area contributed by atoms with Crippen LogP contribution < -0.4 is 5.32 Å². The summed E-state index contributed by atoms with van der Waals surface area (Å²) in [6, 6.07) is 1.09. The Hall–Kier alpha value is -0.940. The normalized spacial score (nSPS) is 20.1. The predicted molar refractivity (Wildman–Crippen MR) is 75.0 cm³/mol. The first-order valence-corrected chi connectivity index (χ1v) is 7.36. The number of nitrogens with one attached hydrogen (secondary N) is 1. The molecule has 0 aromatic carbocycles. The molecule has 1 aromatic rings. The topological polar surface area (TPSA) is 54.2 Å². The fourth-order valence-electron chi connectivity index (χ4n) is 2.39. The summed E-state index contributed by atoms with van der Waals surface area (Å²) >= 11 is 0. The van der Waals surface area contributed by atoms with Crippen molar-refractivity contribution >= 4 is 0 Å². The molecule has 5 heteroatoms. The van der Waals surface area contributed by atoms with Crippen molar-refractivity contribution in [3.63, 3.8) is 0 Å². The van der Waals surface area contributed by atoms with Gasteiger partial charge in [0.2, 0.25) is 5.89 Å². The van der Waals surface area contributed by atoms with Gasteiger partial charge in [-0.3, -0.25) is 4.90 Å². The molecule has 1 aliphatic heterocycles. The van der Waals surface area contributed by atoms with Gasteiger partial charge in [-0.25, -0.2) is 0 Å². The molecule has 0 amide bonds.